The van der Waals surface area contributed by atoms with Crippen molar-refractivity contribution in [2.75, 3.05) is 13.2 Å². The molecule has 0 saturated heterocycles. The van der Waals surface area contributed by atoms with Gasteiger partial charge in [-0.15, -0.1) is 0 Å². The summed E-state index contributed by atoms with van der Waals surface area (Å²) in [6, 6.07) is 0. The first-order chi connectivity index (χ1) is 11.5. The molecule has 1 aliphatic carbocycles. The van der Waals surface area contributed by atoms with Crippen molar-refractivity contribution in [1.82, 2.24) is 9.88 Å². The van der Waals surface area contributed by atoms with Crippen LogP contribution in [0.15, 0.2) is 11.6 Å². The summed E-state index contributed by atoms with van der Waals surface area (Å²) in [6.07, 6.45) is 8.03. The third-order valence-corrected chi connectivity index (χ3v) is 4.74. The molecule has 0 unspecified atom stereocenters. The smallest absolute Gasteiger partial charge is 0.355 e. The Bertz CT molecular complexity index is 656. The van der Waals surface area contributed by atoms with Gasteiger partial charge in [-0.3, -0.25) is 4.79 Å². The van der Waals surface area contributed by atoms with Crippen molar-refractivity contribution in [1.29, 1.82) is 0 Å². The van der Waals surface area contributed by atoms with Crippen LogP contribution in [0.25, 0.3) is 0 Å². The van der Waals surface area contributed by atoms with E-state index in [4.69, 9.17) is 4.74 Å². The van der Waals surface area contributed by atoms with Gasteiger partial charge < -0.3 is 14.6 Å². The summed E-state index contributed by atoms with van der Waals surface area (Å²) in [4.78, 5) is 24.7. The second kappa shape index (κ2) is 8.18. The minimum atomic E-state index is -0.382. The lowest BCUT2D eigenvalue weighted by atomic mass is 9.97. The molecule has 0 bridgehead atoms. The highest BCUT2D eigenvalue weighted by molar-refractivity contribution is 6.01. The van der Waals surface area contributed by atoms with Crippen LogP contribution < -0.4 is 5.32 Å². The molecule has 0 fully saturated rings. The topological polar surface area (TPSA) is 60.3 Å². The van der Waals surface area contributed by atoms with E-state index in [-0.39, 0.29) is 11.9 Å². The summed E-state index contributed by atoms with van der Waals surface area (Å²) >= 11 is 0. The standard InChI is InChI=1S/C19H28N2O3/c1-5-24-19(23)17-13(2)16(14(3)21(17)4)18(22)20-12-11-15-9-7-6-8-10-15/h9H,5-8,10-12H2,1-4H3,(H,20,22). The Morgan fingerprint density at radius 2 is 2.04 bits per heavy atom. The fraction of sp³-hybridized carbons (Fsp3) is 0.579. The maximum Gasteiger partial charge on any atom is 0.355 e. The molecule has 0 atom stereocenters. The highest BCUT2D eigenvalue weighted by atomic mass is 16.5. The van der Waals surface area contributed by atoms with Crippen molar-refractivity contribution in [3.05, 3.63) is 34.2 Å². The predicted molar refractivity (Wildman–Crippen MR) is 94.3 cm³/mol. The van der Waals surface area contributed by atoms with Crippen molar-refractivity contribution in [3.8, 4) is 0 Å². The van der Waals surface area contributed by atoms with Gasteiger partial charge in [-0.05, 0) is 58.4 Å². The molecule has 5 heteroatoms. The number of esters is 1. The first-order valence-corrected chi connectivity index (χ1v) is 8.76. The van der Waals surface area contributed by atoms with Crippen molar-refractivity contribution in [2.24, 2.45) is 7.05 Å². The molecule has 1 aromatic rings. The summed E-state index contributed by atoms with van der Waals surface area (Å²) in [6.45, 7) is 6.38. The molecule has 0 radical (unpaired) electrons. The number of carbonyl (C=O) groups excluding carboxylic acids is 2. The molecule has 132 valence electrons. The van der Waals surface area contributed by atoms with Crippen LogP contribution in [0, 0.1) is 13.8 Å². The van der Waals surface area contributed by atoms with Gasteiger partial charge >= 0.3 is 5.97 Å². The van der Waals surface area contributed by atoms with Gasteiger partial charge in [0.1, 0.15) is 5.69 Å². The number of amides is 1. The minimum absolute atomic E-state index is 0.118. The Hall–Kier alpha value is -2.04. The molecular weight excluding hydrogens is 304 g/mol. The molecule has 1 amide bonds. The Morgan fingerprint density at radius 3 is 2.67 bits per heavy atom. The van der Waals surface area contributed by atoms with E-state index in [9.17, 15) is 9.59 Å². The van der Waals surface area contributed by atoms with Gasteiger partial charge in [0.2, 0.25) is 0 Å². The lowest BCUT2D eigenvalue weighted by Crippen LogP contribution is -2.26. The first kappa shape index (κ1) is 18.3. The van der Waals surface area contributed by atoms with Crippen LogP contribution in [-0.2, 0) is 11.8 Å². The van der Waals surface area contributed by atoms with Gasteiger partial charge in [-0.1, -0.05) is 11.6 Å². The summed E-state index contributed by atoms with van der Waals surface area (Å²) in [5.41, 5.74) is 3.94. The zero-order chi connectivity index (χ0) is 17.7. The van der Waals surface area contributed by atoms with Gasteiger partial charge in [0.05, 0.1) is 12.2 Å². The van der Waals surface area contributed by atoms with E-state index in [0.717, 1.165) is 25.0 Å². The Morgan fingerprint density at radius 1 is 1.29 bits per heavy atom. The number of hydrogen-bond acceptors (Lipinski definition) is 3. The van der Waals surface area contributed by atoms with E-state index >= 15 is 0 Å². The fourth-order valence-electron chi connectivity index (χ4n) is 3.36. The van der Waals surface area contributed by atoms with E-state index in [1.165, 1.54) is 18.4 Å². The quantitative estimate of drug-likeness (QED) is 0.641. The number of hydrogen-bond donors (Lipinski definition) is 1. The predicted octanol–water partition coefficient (Wildman–Crippen LogP) is 3.44. The van der Waals surface area contributed by atoms with Gasteiger partial charge in [0.25, 0.3) is 5.91 Å². The summed E-state index contributed by atoms with van der Waals surface area (Å²) in [7, 11) is 1.79. The second-order valence-corrected chi connectivity index (χ2v) is 6.33. The van der Waals surface area contributed by atoms with Gasteiger partial charge in [0, 0.05) is 19.3 Å². The molecule has 1 aliphatic rings. The molecule has 2 rings (SSSR count). The summed E-state index contributed by atoms with van der Waals surface area (Å²) in [5.74, 6) is -0.500. The largest absolute Gasteiger partial charge is 0.461 e. The lowest BCUT2D eigenvalue weighted by Gasteiger charge is -2.13. The van der Waals surface area contributed by atoms with E-state index < -0.39 is 0 Å². The van der Waals surface area contributed by atoms with Crippen molar-refractivity contribution >= 4 is 11.9 Å². The number of rotatable bonds is 6. The number of carbonyl (C=O) groups is 2. The highest BCUT2D eigenvalue weighted by Crippen LogP contribution is 2.22. The Labute approximate surface area is 144 Å². The van der Waals surface area contributed by atoms with Crippen LogP contribution in [0.2, 0.25) is 0 Å². The number of nitrogens with one attached hydrogen (secondary N) is 1. The average Bonchev–Trinajstić information content (AvgIpc) is 2.78. The van der Waals surface area contributed by atoms with E-state index in [2.05, 4.69) is 11.4 Å². The second-order valence-electron chi connectivity index (χ2n) is 6.33. The first-order valence-electron chi connectivity index (χ1n) is 8.76. The molecule has 0 spiro atoms. The summed E-state index contributed by atoms with van der Waals surface area (Å²) < 4.78 is 6.84. The third-order valence-electron chi connectivity index (χ3n) is 4.74. The van der Waals surface area contributed by atoms with Crippen LogP contribution in [0.4, 0.5) is 0 Å². The van der Waals surface area contributed by atoms with Crippen LogP contribution >= 0.6 is 0 Å². The minimum Gasteiger partial charge on any atom is -0.461 e. The maximum absolute atomic E-state index is 12.6. The molecule has 1 aromatic heterocycles. The Kier molecular flexibility index (Phi) is 6.23. The zero-order valence-corrected chi connectivity index (χ0v) is 15.2. The molecule has 24 heavy (non-hydrogen) atoms. The maximum atomic E-state index is 12.6. The fourth-order valence-corrected chi connectivity index (χ4v) is 3.36. The number of allylic oxidation sites excluding steroid dienone is 1. The normalized spacial score (nSPS) is 14.2. The third kappa shape index (κ3) is 3.89. The highest BCUT2D eigenvalue weighted by Gasteiger charge is 2.25. The number of nitrogens with zero attached hydrogens (tertiary/aromatic N) is 1. The molecule has 5 nitrogen and oxygen atoms in total. The molecule has 0 aliphatic heterocycles. The van der Waals surface area contributed by atoms with Crippen LogP contribution in [0.1, 0.15) is 71.1 Å². The molecule has 0 saturated carbocycles. The van der Waals surface area contributed by atoms with E-state index in [1.54, 1.807) is 25.5 Å². The van der Waals surface area contributed by atoms with Crippen molar-refractivity contribution in [3.63, 3.8) is 0 Å². The lowest BCUT2D eigenvalue weighted by molar-refractivity contribution is 0.0514. The molecular formula is C19H28N2O3. The van der Waals surface area contributed by atoms with Gasteiger partial charge in [0.15, 0.2) is 0 Å². The molecule has 0 aromatic carbocycles. The van der Waals surface area contributed by atoms with Crippen molar-refractivity contribution < 1.29 is 14.3 Å². The number of ether oxygens (including phenoxy) is 1. The van der Waals surface area contributed by atoms with Gasteiger partial charge in [-0.25, -0.2) is 4.79 Å². The SMILES string of the molecule is CCOC(=O)c1c(C)c(C(=O)NCCC2=CCCCC2)c(C)n1C. The molecule has 1 heterocycles. The van der Waals surface area contributed by atoms with E-state index in [1.807, 2.05) is 6.92 Å². The average molecular weight is 332 g/mol. The van der Waals surface area contributed by atoms with Crippen LogP contribution in [-0.4, -0.2) is 29.6 Å². The zero-order valence-electron chi connectivity index (χ0n) is 15.2. The molecule has 1 N–H and O–H groups in total. The number of aromatic nitrogens is 1. The van der Waals surface area contributed by atoms with Crippen LogP contribution in [0.3, 0.4) is 0 Å². The monoisotopic (exact) mass is 332 g/mol. The van der Waals surface area contributed by atoms with E-state index in [0.29, 0.717) is 30.0 Å². The van der Waals surface area contributed by atoms with Gasteiger partial charge in [-0.2, -0.15) is 0 Å². The van der Waals surface area contributed by atoms with Crippen LogP contribution in [0.5, 0.6) is 0 Å². The van der Waals surface area contributed by atoms with Crippen molar-refractivity contribution in [2.45, 2.75) is 52.9 Å². The summed E-state index contributed by atoms with van der Waals surface area (Å²) in [5, 5.41) is 2.99. The Balaban J connectivity index is 2.07.